The second-order valence-corrected chi connectivity index (χ2v) is 9.50. The van der Waals surface area contributed by atoms with Gasteiger partial charge in [-0.25, -0.2) is 4.68 Å². The van der Waals surface area contributed by atoms with Crippen molar-refractivity contribution in [3.63, 3.8) is 0 Å². The van der Waals surface area contributed by atoms with Gasteiger partial charge in [-0.15, -0.1) is 5.10 Å². The first-order valence-corrected chi connectivity index (χ1v) is 12.7. The van der Waals surface area contributed by atoms with Crippen molar-refractivity contribution >= 4 is 40.7 Å². The van der Waals surface area contributed by atoms with Crippen molar-refractivity contribution < 1.29 is 19.0 Å². The number of nitrogens with zero attached hydrogens (tertiary/aromatic N) is 3. The minimum absolute atomic E-state index is 0.352. The second kappa shape index (κ2) is 10.9. The highest BCUT2D eigenvalue weighted by Crippen LogP contribution is 2.41. The molecule has 1 unspecified atom stereocenters. The average Bonchev–Trinajstić information content (AvgIpc) is 3.36. The zero-order valence-corrected chi connectivity index (χ0v) is 23.1. The minimum Gasteiger partial charge on any atom is -0.495 e. The van der Waals surface area contributed by atoms with Crippen molar-refractivity contribution in [1.29, 1.82) is 0 Å². The van der Waals surface area contributed by atoms with Crippen LogP contribution in [-0.4, -0.2) is 42.0 Å². The molecule has 1 amide bonds. The predicted octanol–water partition coefficient (Wildman–Crippen LogP) is 6.21. The van der Waals surface area contributed by atoms with Crippen molar-refractivity contribution in [3.05, 3.63) is 87.5 Å². The van der Waals surface area contributed by atoms with Crippen LogP contribution in [0.4, 0.5) is 11.6 Å². The lowest BCUT2D eigenvalue weighted by Gasteiger charge is -2.29. The number of aromatic nitrogens is 3. The van der Waals surface area contributed by atoms with E-state index in [1.165, 1.54) is 0 Å². The molecule has 1 aromatic heterocycles. The summed E-state index contributed by atoms with van der Waals surface area (Å²) >= 11 is 12.9. The Balaban J connectivity index is 1.62. The number of allylic oxidation sites excluding steroid dienone is 1. The van der Waals surface area contributed by atoms with Gasteiger partial charge in [0.1, 0.15) is 11.8 Å². The number of methoxy groups -OCH3 is 3. The van der Waals surface area contributed by atoms with E-state index in [-0.39, 0.29) is 5.91 Å². The first-order chi connectivity index (χ1) is 18.8. The Bertz CT molecular complexity index is 1600. The standard InChI is InChI=1S/C28H25Cl2N5O4/c1-15-24(27(36)32-20-7-5-6-8-21(20)37-2)25(18-11-10-17(29)14-19(18)30)35-28(31-15)33-26(34-35)16-9-12-22(38-3)23(13-16)39-4/h5-14,25H,1-4H3,(H,32,36)(H,31,33,34). The predicted molar refractivity (Wildman–Crippen MR) is 151 cm³/mol. The molecule has 1 aliphatic rings. The number of rotatable bonds is 7. The van der Waals surface area contributed by atoms with Crippen LogP contribution in [-0.2, 0) is 4.79 Å². The maximum atomic E-state index is 13.8. The fourth-order valence-corrected chi connectivity index (χ4v) is 5.00. The molecule has 0 fully saturated rings. The number of benzene rings is 3. The van der Waals surface area contributed by atoms with Crippen LogP contribution in [0.5, 0.6) is 17.2 Å². The minimum atomic E-state index is -0.706. The van der Waals surface area contributed by atoms with E-state index in [0.717, 1.165) is 0 Å². The van der Waals surface area contributed by atoms with E-state index in [1.54, 1.807) is 68.5 Å². The maximum absolute atomic E-state index is 13.8. The van der Waals surface area contributed by atoms with Gasteiger partial charge in [-0.2, -0.15) is 4.98 Å². The number of fused-ring (bicyclic) bond motifs is 1. The SMILES string of the molecule is COc1ccccc1NC(=O)C1=C(C)Nc2nc(-c3ccc(OC)c(OC)c3)nn2C1c1ccc(Cl)cc1Cl. The smallest absolute Gasteiger partial charge is 0.255 e. The largest absolute Gasteiger partial charge is 0.495 e. The fourth-order valence-electron chi connectivity index (χ4n) is 4.49. The lowest BCUT2D eigenvalue weighted by molar-refractivity contribution is -0.113. The fraction of sp³-hybridized carbons (Fsp3) is 0.179. The van der Waals surface area contributed by atoms with E-state index in [9.17, 15) is 4.79 Å². The summed E-state index contributed by atoms with van der Waals surface area (Å²) in [7, 11) is 4.68. The number of hydrogen-bond acceptors (Lipinski definition) is 7. The Morgan fingerprint density at radius 2 is 1.69 bits per heavy atom. The quantitative estimate of drug-likeness (QED) is 0.275. The summed E-state index contributed by atoms with van der Waals surface area (Å²) in [6.45, 7) is 1.81. The molecule has 39 heavy (non-hydrogen) atoms. The van der Waals surface area contributed by atoms with Crippen LogP contribution in [0.2, 0.25) is 10.0 Å². The van der Waals surface area contributed by atoms with Crippen molar-refractivity contribution in [2.45, 2.75) is 13.0 Å². The number of halogens is 2. The van der Waals surface area contributed by atoms with Gasteiger partial charge in [-0.1, -0.05) is 41.4 Å². The molecule has 200 valence electrons. The molecule has 4 aromatic rings. The molecular weight excluding hydrogens is 541 g/mol. The summed E-state index contributed by atoms with van der Waals surface area (Å²) in [4.78, 5) is 18.5. The topological polar surface area (TPSA) is 99.5 Å². The highest BCUT2D eigenvalue weighted by molar-refractivity contribution is 6.35. The Morgan fingerprint density at radius 3 is 2.41 bits per heavy atom. The molecule has 3 aromatic carbocycles. The Morgan fingerprint density at radius 1 is 0.949 bits per heavy atom. The first-order valence-electron chi connectivity index (χ1n) is 11.9. The summed E-state index contributed by atoms with van der Waals surface area (Å²) < 4.78 is 17.9. The normalized spacial score (nSPS) is 14.4. The van der Waals surface area contributed by atoms with Gasteiger partial charge in [0.25, 0.3) is 5.91 Å². The molecule has 0 spiro atoms. The molecule has 0 aliphatic carbocycles. The number of amides is 1. The number of carbonyl (C=O) groups excluding carboxylic acids is 1. The number of hydrogen-bond donors (Lipinski definition) is 2. The van der Waals surface area contributed by atoms with Gasteiger partial charge in [0.2, 0.25) is 5.95 Å². The van der Waals surface area contributed by atoms with Crippen LogP contribution in [0.15, 0.2) is 71.9 Å². The lowest BCUT2D eigenvalue weighted by Crippen LogP contribution is -2.31. The molecule has 0 saturated carbocycles. The summed E-state index contributed by atoms with van der Waals surface area (Å²) in [5, 5.41) is 11.9. The average molecular weight is 566 g/mol. The van der Waals surface area contributed by atoms with Gasteiger partial charge in [-0.05, 0) is 49.4 Å². The highest BCUT2D eigenvalue weighted by atomic mass is 35.5. The number of ether oxygens (including phenoxy) is 3. The zero-order valence-electron chi connectivity index (χ0n) is 21.6. The molecule has 1 aliphatic heterocycles. The zero-order chi connectivity index (χ0) is 27.7. The maximum Gasteiger partial charge on any atom is 0.255 e. The summed E-state index contributed by atoms with van der Waals surface area (Å²) in [5.74, 6) is 2.18. The van der Waals surface area contributed by atoms with Crippen molar-refractivity contribution in [2.75, 3.05) is 32.0 Å². The van der Waals surface area contributed by atoms with Crippen LogP contribution in [0, 0.1) is 0 Å². The van der Waals surface area contributed by atoms with E-state index in [1.807, 2.05) is 25.1 Å². The van der Waals surface area contributed by atoms with Gasteiger partial charge in [-0.3, -0.25) is 4.79 Å². The van der Waals surface area contributed by atoms with E-state index < -0.39 is 6.04 Å². The molecule has 2 heterocycles. The Kier molecular flexibility index (Phi) is 7.36. The monoisotopic (exact) mass is 565 g/mol. The highest BCUT2D eigenvalue weighted by Gasteiger charge is 2.36. The molecule has 0 radical (unpaired) electrons. The van der Waals surface area contributed by atoms with Gasteiger partial charge >= 0.3 is 0 Å². The van der Waals surface area contributed by atoms with E-state index >= 15 is 0 Å². The van der Waals surface area contributed by atoms with Crippen LogP contribution >= 0.6 is 23.2 Å². The molecular formula is C28H25Cl2N5O4. The van der Waals surface area contributed by atoms with Crippen LogP contribution in [0.3, 0.4) is 0 Å². The van der Waals surface area contributed by atoms with Gasteiger partial charge in [0.05, 0.1) is 32.6 Å². The third-order valence-electron chi connectivity index (χ3n) is 6.35. The number of para-hydroxylation sites is 2. The van der Waals surface area contributed by atoms with Crippen molar-refractivity contribution in [2.24, 2.45) is 0 Å². The second-order valence-electron chi connectivity index (χ2n) is 8.66. The van der Waals surface area contributed by atoms with E-state index in [4.69, 9.17) is 47.5 Å². The van der Waals surface area contributed by atoms with E-state index in [0.29, 0.717) is 67.2 Å². The van der Waals surface area contributed by atoms with Gasteiger partial charge in [0.15, 0.2) is 17.3 Å². The molecule has 5 rings (SSSR count). The third-order valence-corrected chi connectivity index (χ3v) is 6.91. The Hall–Kier alpha value is -4.21. The molecule has 0 bridgehead atoms. The Labute approximate surface area is 235 Å². The third kappa shape index (κ3) is 4.98. The summed E-state index contributed by atoms with van der Waals surface area (Å²) in [6, 6.07) is 17.0. The summed E-state index contributed by atoms with van der Waals surface area (Å²) in [6.07, 6.45) is 0. The molecule has 2 N–H and O–H groups in total. The van der Waals surface area contributed by atoms with Crippen molar-refractivity contribution in [1.82, 2.24) is 14.8 Å². The lowest BCUT2D eigenvalue weighted by atomic mass is 9.95. The van der Waals surface area contributed by atoms with Crippen molar-refractivity contribution in [3.8, 4) is 28.6 Å². The van der Waals surface area contributed by atoms with Gasteiger partial charge in [0, 0.05) is 26.9 Å². The first kappa shape index (κ1) is 26.4. The molecule has 1 atom stereocenters. The van der Waals surface area contributed by atoms with E-state index in [2.05, 4.69) is 10.6 Å². The summed E-state index contributed by atoms with van der Waals surface area (Å²) in [5.41, 5.74) is 2.87. The number of carbonyl (C=O) groups is 1. The molecule has 9 nitrogen and oxygen atoms in total. The van der Waals surface area contributed by atoms with Crippen LogP contribution in [0.25, 0.3) is 11.4 Å². The van der Waals surface area contributed by atoms with Crippen LogP contribution < -0.4 is 24.8 Å². The number of anilines is 2. The molecule has 11 heteroatoms. The van der Waals surface area contributed by atoms with Gasteiger partial charge < -0.3 is 24.8 Å². The molecule has 0 saturated heterocycles. The van der Waals surface area contributed by atoms with Crippen LogP contribution in [0.1, 0.15) is 18.5 Å². The number of nitrogens with one attached hydrogen (secondary N) is 2.